The number of rotatable bonds is 7. The summed E-state index contributed by atoms with van der Waals surface area (Å²) in [5.74, 6) is -0.864. The van der Waals surface area contributed by atoms with Gasteiger partial charge in [-0.1, -0.05) is 36.4 Å². The van der Waals surface area contributed by atoms with Crippen molar-refractivity contribution in [1.29, 1.82) is 0 Å². The maximum absolute atomic E-state index is 12.2. The van der Waals surface area contributed by atoms with Crippen molar-refractivity contribution in [2.24, 2.45) is 0 Å². The van der Waals surface area contributed by atoms with Crippen molar-refractivity contribution in [3.63, 3.8) is 0 Å². The summed E-state index contributed by atoms with van der Waals surface area (Å²) in [5.41, 5.74) is 3.33. The highest BCUT2D eigenvalue weighted by molar-refractivity contribution is 7.18. The Morgan fingerprint density at radius 1 is 1.10 bits per heavy atom. The van der Waals surface area contributed by atoms with Crippen LogP contribution in [0.25, 0.3) is 10.2 Å². The monoisotopic (exact) mass is 410 g/mol. The van der Waals surface area contributed by atoms with Gasteiger partial charge in [-0.15, -0.1) is 11.3 Å². The first-order valence-electron chi connectivity index (χ1n) is 9.64. The summed E-state index contributed by atoms with van der Waals surface area (Å²) in [6, 6.07) is 15.9. The Hall–Kier alpha value is -2.77. The van der Waals surface area contributed by atoms with Crippen LogP contribution < -0.4 is 5.32 Å². The average Bonchev–Trinajstić information content (AvgIpc) is 3.15. The molecule has 4 rings (SSSR count). The zero-order valence-electron chi connectivity index (χ0n) is 15.9. The van der Waals surface area contributed by atoms with Crippen molar-refractivity contribution in [3.05, 3.63) is 64.7 Å². The number of benzene rings is 2. The van der Waals surface area contributed by atoms with E-state index in [0.717, 1.165) is 40.1 Å². The van der Waals surface area contributed by atoms with Crippen LogP contribution in [-0.2, 0) is 32.1 Å². The SMILES string of the molecule is O=C(COC(=O)COCc1nc2ccccc2s1)N[C@H]1CCCc2ccccc21. The number of thiazole rings is 1. The first kappa shape index (κ1) is 19.5. The Balaban J connectivity index is 1.19. The summed E-state index contributed by atoms with van der Waals surface area (Å²) in [4.78, 5) is 28.5. The highest BCUT2D eigenvalue weighted by Gasteiger charge is 2.21. The maximum Gasteiger partial charge on any atom is 0.332 e. The molecular weight excluding hydrogens is 388 g/mol. The molecule has 0 aliphatic heterocycles. The molecule has 1 N–H and O–H groups in total. The van der Waals surface area contributed by atoms with Crippen LogP contribution in [0.5, 0.6) is 0 Å². The molecule has 1 heterocycles. The van der Waals surface area contributed by atoms with Crippen molar-refractivity contribution < 1.29 is 19.1 Å². The molecule has 1 atom stereocenters. The summed E-state index contributed by atoms with van der Waals surface area (Å²) < 4.78 is 11.5. The summed E-state index contributed by atoms with van der Waals surface area (Å²) >= 11 is 1.53. The molecule has 150 valence electrons. The summed E-state index contributed by atoms with van der Waals surface area (Å²) in [6.07, 6.45) is 2.95. The van der Waals surface area contributed by atoms with E-state index in [9.17, 15) is 9.59 Å². The van der Waals surface area contributed by atoms with Gasteiger partial charge in [-0.2, -0.15) is 0 Å². The zero-order chi connectivity index (χ0) is 20.1. The van der Waals surface area contributed by atoms with Crippen molar-refractivity contribution in [2.45, 2.75) is 31.9 Å². The van der Waals surface area contributed by atoms with Crippen LogP contribution >= 0.6 is 11.3 Å². The Kier molecular flexibility index (Phi) is 6.17. The van der Waals surface area contributed by atoms with Crippen LogP contribution in [0.1, 0.15) is 35.0 Å². The molecule has 6 nitrogen and oxygen atoms in total. The molecule has 0 radical (unpaired) electrons. The highest BCUT2D eigenvalue weighted by Crippen LogP contribution is 2.29. The van der Waals surface area contributed by atoms with Gasteiger partial charge in [0.2, 0.25) is 0 Å². The van der Waals surface area contributed by atoms with Gasteiger partial charge in [0.05, 0.1) is 22.9 Å². The molecule has 0 saturated heterocycles. The third-order valence-electron chi connectivity index (χ3n) is 4.85. The van der Waals surface area contributed by atoms with Crippen LogP contribution in [0.3, 0.4) is 0 Å². The fraction of sp³-hybridized carbons (Fsp3) is 0.318. The van der Waals surface area contributed by atoms with E-state index in [1.807, 2.05) is 42.5 Å². The summed E-state index contributed by atoms with van der Waals surface area (Å²) in [6.45, 7) is -0.281. The quantitative estimate of drug-likeness (QED) is 0.603. The molecule has 1 aromatic heterocycles. The minimum absolute atomic E-state index is 0.0264. The molecule has 0 bridgehead atoms. The lowest BCUT2D eigenvalue weighted by Crippen LogP contribution is -2.34. The van der Waals surface area contributed by atoms with E-state index in [4.69, 9.17) is 9.47 Å². The Labute approximate surface area is 172 Å². The standard InChI is InChI=1S/C22H22N2O4S/c25-20(23-17-10-5-7-15-6-1-2-8-16(15)17)12-28-22(26)14-27-13-21-24-18-9-3-4-11-19(18)29-21/h1-4,6,8-9,11,17H,5,7,10,12-14H2,(H,23,25)/t17-/m0/s1. The van der Waals surface area contributed by atoms with E-state index in [1.54, 1.807) is 0 Å². The van der Waals surface area contributed by atoms with Gasteiger partial charge in [0.15, 0.2) is 6.61 Å². The molecule has 3 aromatic rings. The number of hydrogen-bond donors (Lipinski definition) is 1. The minimum Gasteiger partial charge on any atom is -0.454 e. The van der Waals surface area contributed by atoms with E-state index in [1.165, 1.54) is 16.9 Å². The second-order valence-corrected chi connectivity index (χ2v) is 8.06. The van der Waals surface area contributed by atoms with Crippen molar-refractivity contribution in [3.8, 4) is 0 Å². The number of aryl methyl sites for hydroxylation is 1. The van der Waals surface area contributed by atoms with Gasteiger partial charge in [-0.25, -0.2) is 9.78 Å². The lowest BCUT2D eigenvalue weighted by Gasteiger charge is -2.26. The Morgan fingerprint density at radius 3 is 2.83 bits per heavy atom. The van der Waals surface area contributed by atoms with Crippen LogP contribution in [-0.4, -0.2) is 30.1 Å². The third kappa shape index (κ3) is 4.99. The van der Waals surface area contributed by atoms with Crippen molar-refractivity contribution >= 4 is 33.4 Å². The second-order valence-electron chi connectivity index (χ2n) is 6.94. The fourth-order valence-corrected chi connectivity index (χ4v) is 4.44. The first-order valence-corrected chi connectivity index (χ1v) is 10.5. The first-order chi connectivity index (χ1) is 14.2. The fourth-order valence-electron chi connectivity index (χ4n) is 3.53. The van der Waals surface area contributed by atoms with E-state index < -0.39 is 5.97 Å². The number of carbonyl (C=O) groups excluding carboxylic acids is 2. The van der Waals surface area contributed by atoms with E-state index in [2.05, 4.69) is 16.4 Å². The number of amides is 1. The Bertz CT molecular complexity index is 984. The van der Waals surface area contributed by atoms with Crippen LogP contribution in [0.15, 0.2) is 48.5 Å². The normalized spacial score (nSPS) is 15.7. The van der Waals surface area contributed by atoms with Crippen molar-refractivity contribution in [1.82, 2.24) is 10.3 Å². The van der Waals surface area contributed by atoms with Gasteiger partial charge < -0.3 is 14.8 Å². The van der Waals surface area contributed by atoms with E-state index in [0.29, 0.717) is 0 Å². The predicted molar refractivity (Wildman–Crippen MR) is 110 cm³/mol. The molecule has 0 saturated carbocycles. The van der Waals surface area contributed by atoms with Gasteiger partial charge >= 0.3 is 5.97 Å². The molecule has 1 aliphatic carbocycles. The highest BCUT2D eigenvalue weighted by atomic mass is 32.1. The largest absolute Gasteiger partial charge is 0.454 e. The van der Waals surface area contributed by atoms with Crippen molar-refractivity contribution in [2.75, 3.05) is 13.2 Å². The van der Waals surface area contributed by atoms with Gasteiger partial charge in [-0.05, 0) is 42.5 Å². The summed E-state index contributed by atoms with van der Waals surface area (Å²) in [7, 11) is 0. The number of carbonyl (C=O) groups is 2. The van der Waals surface area contributed by atoms with E-state index in [-0.39, 0.29) is 31.8 Å². The van der Waals surface area contributed by atoms with Crippen LogP contribution in [0, 0.1) is 0 Å². The van der Waals surface area contributed by atoms with Gasteiger partial charge in [0, 0.05) is 0 Å². The number of ether oxygens (including phenoxy) is 2. The zero-order valence-corrected chi connectivity index (χ0v) is 16.7. The van der Waals surface area contributed by atoms with Gasteiger partial charge in [0.1, 0.15) is 11.6 Å². The number of fused-ring (bicyclic) bond motifs is 2. The second kappa shape index (κ2) is 9.15. The number of hydrogen-bond acceptors (Lipinski definition) is 6. The molecule has 29 heavy (non-hydrogen) atoms. The molecule has 7 heteroatoms. The third-order valence-corrected chi connectivity index (χ3v) is 5.86. The predicted octanol–water partition coefficient (Wildman–Crippen LogP) is 3.55. The molecule has 1 aliphatic rings. The number of nitrogens with one attached hydrogen (secondary N) is 1. The number of esters is 1. The number of nitrogens with zero attached hydrogens (tertiary/aromatic N) is 1. The molecule has 0 fully saturated rings. The molecule has 2 aromatic carbocycles. The molecule has 0 spiro atoms. The van der Waals surface area contributed by atoms with Crippen LogP contribution in [0.2, 0.25) is 0 Å². The molecule has 1 amide bonds. The summed E-state index contributed by atoms with van der Waals surface area (Å²) in [5, 5.41) is 3.76. The number of aromatic nitrogens is 1. The van der Waals surface area contributed by atoms with E-state index >= 15 is 0 Å². The Morgan fingerprint density at radius 2 is 1.93 bits per heavy atom. The van der Waals surface area contributed by atoms with Gasteiger partial charge in [-0.3, -0.25) is 4.79 Å². The molecular formula is C22H22N2O4S. The lowest BCUT2D eigenvalue weighted by molar-refractivity contribution is -0.153. The average molecular weight is 410 g/mol. The van der Waals surface area contributed by atoms with Gasteiger partial charge in [0.25, 0.3) is 5.91 Å². The van der Waals surface area contributed by atoms with Crippen LogP contribution in [0.4, 0.5) is 0 Å². The smallest absolute Gasteiger partial charge is 0.332 e. The maximum atomic E-state index is 12.2. The minimum atomic E-state index is -0.565. The molecule has 0 unspecified atom stereocenters. The topological polar surface area (TPSA) is 77.5 Å². The number of para-hydroxylation sites is 1. The lowest BCUT2D eigenvalue weighted by atomic mass is 9.88.